The molecule has 0 saturated heterocycles. The highest BCUT2D eigenvalue weighted by atomic mass is 16.5. The molecule has 0 bridgehead atoms. The molecule has 2 saturated carbocycles. The van der Waals surface area contributed by atoms with E-state index in [0.29, 0.717) is 0 Å². The van der Waals surface area contributed by atoms with E-state index in [2.05, 4.69) is 273 Å². The number of fused-ring (bicyclic) bond motifs is 12. The summed E-state index contributed by atoms with van der Waals surface area (Å²) < 4.78 is 15.1. The molecule has 3 heteroatoms. The number of hydrogen-bond acceptors (Lipinski definition) is 3. The molecule has 9 aromatic carbocycles. The summed E-state index contributed by atoms with van der Waals surface area (Å²) >= 11 is 0. The average Bonchev–Trinajstić information content (AvgIpc) is 1.45. The maximum Gasteiger partial charge on any atom is 0.150 e. The second-order valence-corrected chi connectivity index (χ2v) is 27.8. The molecule has 0 radical (unpaired) electrons. The molecule has 0 N–H and O–H groups in total. The normalized spacial score (nSPS) is 26.3. The van der Waals surface area contributed by atoms with Gasteiger partial charge in [-0.25, -0.2) is 0 Å². The lowest BCUT2D eigenvalue weighted by atomic mass is 9.65. The first-order valence-corrected chi connectivity index (χ1v) is 30.3. The molecule has 2 heterocycles. The Bertz CT molecular complexity index is 4400. The highest BCUT2D eigenvalue weighted by molar-refractivity contribution is 6.11. The SMILES string of the molecule is CC1(C)C2=C(c3ccc(N(c4ccc5c(c4)C(C)(C)C4=C5C56CC5(C5=C4C(C)(C)c4ccccc45)c4ccccc4O6)c4c(-c5ccccc5)cccc4-c4ccccc4)cc31)C13CC1(C1=C2C(C)(C)c2ccccc21)c1ccccc1O3. The van der Waals surface area contributed by atoms with Crippen LogP contribution in [0.4, 0.5) is 17.1 Å². The van der Waals surface area contributed by atoms with Crippen LogP contribution in [-0.2, 0) is 32.5 Å². The molecule has 9 aromatic rings. The molecule has 4 atom stereocenters. The molecule has 19 rings (SSSR count). The van der Waals surface area contributed by atoms with Crippen molar-refractivity contribution in [3.63, 3.8) is 0 Å². The van der Waals surface area contributed by atoms with Crippen molar-refractivity contribution in [2.24, 2.45) is 0 Å². The lowest BCUT2D eigenvalue weighted by molar-refractivity contribution is 0.245. The van der Waals surface area contributed by atoms with E-state index in [-0.39, 0.29) is 32.5 Å². The van der Waals surface area contributed by atoms with Crippen LogP contribution < -0.4 is 14.4 Å². The minimum absolute atomic E-state index is 0.218. The van der Waals surface area contributed by atoms with Gasteiger partial charge in [0.25, 0.3) is 0 Å². The standard InChI is InChI=1S/C80H63NO2/c1-73(2)56-32-17-15-28-52(56)64-68(73)70-66(79-44-77(64,79)58-34-19-21-36-62(58)82-79)54-40-38-48(42-60(54)75(70,5)6)81(72-50(46-24-11-9-12-25-46)30-23-31-51(72)47-26-13-10-14-27-47)49-39-41-55-61(43-49)76(7,8)71-67(55)80-45-78(80,59-35-20-22-37-63(59)83-80)65-53-29-16-18-33-57(53)74(3,4)69(65)71/h9-43H,44-45H2,1-8H3. The van der Waals surface area contributed by atoms with Gasteiger partial charge >= 0.3 is 0 Å². The second kappa shape index (κ2) is 14.6. The number of rotatable bonds is 5. The van der Waals surface area contributed by atoms with Gasteiger partial charge in [-0.3, -0.25) is 0 Å². The topological polar surface area (TPSA) is 21.7 Å². The van der Waals surface area contributed by atoms with Gasteiger partial charge in [0.15, 0.2) is 11.2 Å². The zero-order valence-corrected chi connectivity index (χ0v) is 48.4. The summed E-state index contributed by atoms with van der Waals surface area (Å²) in [7, 11) is 0. The predicted octanol–water partition coefficient (Wildman–Crippen LogP) is 19.0. The second-order valence-electron chi connectivity index (χ2n) is 27.8. The molecule has 0 amide bonds. The Hall–Kier alpha value is -8.66. The van der Waals surface area contributed by atoms with Crippen molar-refractivity contribution in [2.45, 2.75) is 112 Å². The quantitative estimate of drug-likeness (QED) is 0.171. The van der Waals surface area contributed by atoms with Crippen molar-refractivity contribution in [1.82, 2.24) is 0 Å². The van der Waals surface area contributed by atoms with E-state index in [0.717, 1.165) is 41.4 Å². The molecule has 4 unspecified atom stereocenters. The minimum Gasteiger partial charge on any atom is -0.481 e. The van der Waals surface area contributed by atoms with Crippen LogP contribution in [-0.4, -0.2) is 11.2 Å². The van der Waals surface area contributed by atoms with Gasteiger partial charge in [0.2, 0.25) is 0 Å². The molecule has 0 aromatic heterocycles. The minimum atomic E-state index is -0.492. The van der Waals surface area contributed by atoms with Crippen LogP contribution in [0, 0.1) is 0 Å². The fourth-order valence-corrected chi connectivity index (χ4v) is 19.3. The van der Waals surface area contributed by atoms with Crippen molar-refractivity contribution < 1.29 is 9.47 Å². The number of hydrogen-bond donors (Lipinski definition) is 0. The van der Waals surface area contributed by atoms with E-state index in [1.54, 1.807) is 0 Å². The zero-order valence-electron chi connectivity index (χ0n) is 48.4. The van der Waals surface area contributed by atoms with E-state index in [1.165, 1.54) is 122 Å². The van der Waals surface area contributed by atoms with Gasteiger partial charge in [0.1, 0.15) is 11.5 Å². The number of anilines is 3. The number of benzene rings is 9. The highest BCUT2D eigenvalue weighted by Gasteiger charge is 2.84. The molecular formula is C80H63NO2. The van der Waals surface area contributed by atoms with Crippen LogP contribution in [0.2, 0.25) is 0 Å². The maximum absolute atomic E-state index is 7.56. The van der Waals surface area contributed by atoms with Gasteiger partial charge in [-0.15, -0.1) is 0 Å². The van der Waals surface area contributed by atoms with Crippen molar-refractivity contribution in [2.75, 3.05) is 4.90 Å². The summed E-state index contributed by atoms with van der Waals surface area (Å²) in [5.41, 5.74) is 30.8. The molecule has 83 heavy (non-hydrogen) atoms. The first-order valence-electron chi connectivity index (χ1n) is 30.3. The van der Waals surface area contributed by atoms with Crippen molar-refractivity contribution >= 4 is 39.4 Å². The monoisotopic (exact) mass is 1070 g/mol. The molecule has 400 valence electrons. The summed E-state index contributed by atoms with van der Waals surface area (Å²) in [5, 5.41) is 0. The summed E-state index contributed by atoms with van der Waals surface area (Å²) in [4.78, 5) is 2.63. The third-order valence-electron chi connectivity index (χ3n) is 22.7. The van der Waals surface area contributed by atoms with Gasteiger partial charge in [-0.2, -0.15) is 0 Å². The number of nitrogens with zero attached hydrogens (tertiary/aromatic N) is 1. The third-order valence-corrected chi connectivity index (χ3v) is 22.7. The highest BCUT2D eigenvalue weighted by Crippen LogP contribution is 2.85. The van der Waals surface area contributed by atoms with Gasteiger partial charge in [0, 0.05) is 79.3 Å². The van der Waals surface area contributed by atoms with Crippen LogP contribution in [0.15, 0.2) is 235 Å². The van der Waals surface area contributed by atoms with Crippen LogP contribution in [0.3, 0.4) is 0 Å². The number of ether oxygens (including phenoxy) is 2. The van der Waals surface area contributed by atoms with E-state index >= 15 is 0 Å². The van der Waals surface area contributed by atoms with E-state index in [1.807, 2.05) is 0 Å². The maximum atomic E-state index is 7.56. The summed E-state index contributed by atoms with van der Waals surface area (Å²) in [6.45, 7) is 20.0. The average molecular weight is 1070 g/mol. The molecular weight excluding hydrogens is 1010 g/mol. The fourth-order valence-electron chi connectivity index (χ4n) is 19.3. The summed E-state index contributed by atoms with van der Waals surface area (Å²) in [6.07, 6.45) is 1.88. The Balaban J connectivity index is 0.852. The number of para-hydroxylation sites is 3. The Labute approximate surface area is 487 Å². The number of allylic oxidation sites excluding steroid dienone is 4. The van der Waals surface area contributed by atoms with Crippen LogP contribution in [0.5, 0.6) is 11.5 Å². The van der Waals surface area contributed by atoms with Crippen molar-refractivity contribution in [3.8, 4) is 33.8 Å². The fraction of sp³-hybridized carbons (Fsp3) is 0.225. The predicted molar refractivity (Wildman–Crippen MR) is 337 cm³/mol. The Kier molecular flexibility index (Phi) is 8.23. The first-order chi connectivity index (χ1) is 40.1. The zero-order chi connectivity index (χ0) is 55.7. The first kappa shape index (κ1) is 46.9. The molecule has 2 aliphatic heterocycles. The smallest absolute Gasteiger partial charge is 0.150 e. The molecule has 8 aliphatic carbocycles. The van der Waals surface area contributed by atoms with Gasteiger partial charge < -0.3 is 14.4 Å². The van der Waals surface area contributed by atoms with Crippen molar-refractivity contribution in [3.05, 3.63) is 290 Å². The van der Waals surface area contributed by atoms with E-state index in [4.69, 9.17) is 9.47 Å². The summed E-state index contributed by atoms with van der Waals surface area (Å²) in [6, 6.07) is 80.5. The molecule has 10 aliphatic rings. The lowest BCUT2D eigenvalue weighted by Gasteiger charge is -2.38. The Morgan fingerprint density at radius 1 is 0.289 bits per heavy atom. The van der Waals surface area contributed by atoms with Gasteiger partial charge in [0.05, 0.1) is 16.5 Å². The van der Waals surface area contributed by atoms with Crippen LogP contribution >= 0.6 is 0 Å². The van der Waals surface area contributed by atoms with E-state index < -0.39 is 11.2 Å². The van der Waals surface area contributed by atoms with Gasteiger partial charge in [-0.1, -0.05) is 231 Å². The Morgan fingerprint density at radius 2 is 0.627 bits per heavy atom. The molecule has 3 nitrogen and oxygen atoms in total. The summed E-state index contributed by atoms with van der Waals surface area (Å²) in [5.74, 6) is 2.06. The third kappa shape index (κ3) is 5.07. The molecule has 2 fully saturated rings. The lowest BCUT2D eigenvalue weighted by Crippen LogP contribution is -2.35. The van der Waals surface area contributed by atoms with E-state index in [9.17, 15) is 0 Å². The molecule has 0 spiro atoms. The van der Waals surface area contributed by atoms with Crippen molar-refractivity contribution in [1.29, 1.82) is 0 Å². The van der Waals surface area contributed by atoms with Crippen LogP contribution in [0.1, 0.15) is 124 Å². The van der Waals surface area contributed by atoms with Gasteiger partial charge in [-0.05, 0) is 125 Å². The Morgan fingerprint density at radius 3 is 1.06 bits per heavy atom. The largest absolute Gasteiger partial charge is 0.481 e. The van der Waals surface area contributed by atoms with Crippen LogP contribution in [0.25, 0.3) is 44.5 Å².